The molecule has 2 fully saturated rings. The number of alkyl halides is 1. The number of aryl methyl sites for hydroxylation is 1. The van der Waals surface area contributed by atoms with Gasteiger partial charge in [0.25, 0.3) is 0 Å². The third-order valence-corrected chi connectivity index (χ3v) is 7.28. The Morgan fingerprint density at radius 3 is 2.81 bits per heavy atom. The van der Waals surface area contributed by atoms with Crippen LogP contribution in [-0.2, 0) is 7.05 Å². The van der Waals surface area contributed by atoms with Gasteiger partial charge in [-0.15, -0.1) is 10.2 Å². The maximum absolute atomic E-state index is 14.8. The lowest BCUT2D eigenvalue weighted by Gasteiger charge is -2.42. The largest absolute Gasteiger partial charge is 0.507 e. The maximum Gasteiger partial charge on any atom is 0.132 e. The highest BCUT2D eigenvalue weighted by Crippen LogP contribution is 2.38. The number of phenolic OH excluding ortho intramolecular Hbond substituents is 1. The first-order valence-corrected chi connectivity index (χ1v) is 11.3. The van der Waals surface area contributed by atoms with E-state index in [-0.39, 0.29) is 28.2 Å². The van der Waals surface area contributed by atoms with Crippen LogP contribution in [0.2, 0.25) is 0 Å². The van der Waals surface area contributed by atoms with Crippen molar-refractivity contribution in [3.8, 4) is 28.1 Å². The van der Waals surface area contributed by atoms with Gasteiger partial charge in [0.2, 0.25) is 0 Å². The molecular formula is C22H23F2N5OS. The van der Waals surface area contributed by atoms with E-state index in [0.29, 0.717) is 22.3 Å². The van der Waals surface area contributed by atoms with Crippen molar-refractivity contribution in [2.24, 2.45) is 7.05 Å². The molecule has 4 heterocycles. The molecule has 6 nitrogen and oxygen atoms in total. The summed E-state index contributed by atoms with van der Waals surface area (Å²) in [5.41, 5.74) is 1.46. The second-order valence-electron chi connectivity index (χ2n) is 8.25. The second-order valence-corrected chi connectivity index (χ2v) is 9.51. The van der Waals surface area contributed by atoms with E-state index in [9.17, 15) is 13.9 Å². The molecule has 2 aliphatic rings. The predicted octanol–water partition coefficient (Wildman–Crippen LogP) is 4.10. The molecule has 2 aromatic heterocycles. The van der Waals surface area contributed by atoms with Crippen LogP contribution in [-0.4, -0.2) is 48.6 Å². The predicted molar refractivity (Wildman–Crippen MR) is 115 cm³/mol. The van der Waals surface area contributed by atoms with Crippen LogP contribution in [0.3, 0.4) is 0 Å². The number of hydrogen-bond donors (Lipinski definition) is 2. The molecule has 162 valence electrons. The van der Waals surface area contributed by atoms with E-state index in [4.69, 9.17) is 0 Å². The van der Waals surface area contributed by atoms with E-state index in [1.165, 1.54) is 30.1 Å². The van der Waals surface area contributed by atoms with E-state index in [0.717, 1.165) is 25.7 Å². The molecule has 0 amide bonds. The smallest absolute Gasteiger partial charge is 0.132 e. The van der Waals surface area contributed by atoms with Crippen LogP contribution in [0.5, 0.6) is 5.75 Å². The first-order valence-electron chi connectivity index (χ1n) is 10.4. The fourth-order valence-electron chi connectivity index (χ4n) is 4.50. The monoisotopic (exact) mass is 443 g/mol. The average molecular weight is 444 g/mol. The van der Waals surface area contributed by atoms with Crippen molar-refractivity contribution in [2.45, 2.75) is 54.2 Å². The summed E-state index contributed by atoms with van der Waals surface area (Å²) in [5.74, 6) is -0.576. The first kappa shape index (κ1) is 20.4. The Labute approximate surface area is 183 Å². The highest BCUT2D eigenvalue weighted by Gasteiger charge is 2.40. The maximum atomic E-state index is 14.8. The number of piperidine rings is 2. The summed E-state index contributed by atoms with van der Waals surface area (Å²) in [7, 11) is 1.74. The third kappa shape index (κ3) is 4.04. The van der Waals surface area contributed by atoms with Gasteiger partial charge in [0, 0.05) is 47.3 Å². The molecule has 0 unspecified atom stereocenters. The van der Waals surface area contributed by atoms with Gasteiger partial charge in [-0.3, -0.25) is 4.68 Å². The summed E-state index contributed by atoms with van der Waals surface area (Å²) in [6, 6.07) is 6.35. The molecular weight excluding hydrogens is 420 g/mol. The minimum Gasteiger partial charge on any atom is -0.507 e. The van der Waals surface area contributed by atoms with Gasteiger partial charge in [-0.2, -0.15) is 5.10 Å². The minimum atomic E-state index is -0.916. The number of aromatic hydroxyl groups is 1. The lowest BCUT2D eigenvalue weighted by molar-refractivity contribution is 0.137. The number of nitrogens with zero attached hydrogens (tertiary/aromatic N) is 4. The van der Waals surface area contributed by atoms with Gasteiger partial charge in [-0.05, 0) is 43.5 Å². The van der Waals surface area contributed by atoms with Crippen molar-refractivity contribution in [2.75, 3.05) is 0 Å². The average Bonchev–Trinajstić information content (AvgIpc) is 3.20. The molecule has 2 bridgehead atoms. The standard InChI is InChI=1S/C22H23F2N5OS/c1-29-11-12(10-25-29)14-9-19(30)15(8-16(14)23)17-5-6-21(28-27-17)31-20-7-13-3-2-4-18(26-13)22(20)24/h5-6,8-11,13,18,20,22,26,30H,2-4,7H2,1H3/t13-,18+,20-,22+/m1/s1. The third-order valence-electron chi connectivity index (χ3n) is 6.06. The Hall–Kier alpha value is -2.52. The normalized spacial score (nSPS) is 25.5. The molecule has 31 heavy (non-hydrogen) atoms. The van der Waals surface area contributed by atoms with Crippen molar-refractivity contribution in [1.82, 2.24) is 25.3 Å². The molecule has 5 rings (SSSR count). The second kappa shape index (κ2) is 8.20. The summed E-state index contributed by atoms with van der Waals surface area (Å²) < 4.78 is 31.1. The van der Waals surface area contributed by atoms with Crippen molar-refractivity contribution >= 4 is 11.8 Å². The van der Waals surface area contributed by atoms with E-state index < -0.39 is 12.0 Å². The van der Waals surface area contributed by atoms with E-state index in [2.05, 4.69) is 20.6 Å². The van der Waals surface area contributed by atoms with Crippen molar-refractivity contribution in [3.63, 3.8) is 0 Å². The minimum absolute atomic E-state index is 0.0736. The fraction of sp³-hybridized carbons (Fsp3) is 0.409. The number of aromatic nitrogens is 4. The Kier molecular flexibility index (Phi) is 5.39. The molecule has 0 radical (unpaired) electrons. The fourth-order valence-corrected chi connectivity index (χ4v) is 5.70. The van der Waals surface area contributed by atoms with Crippen LogP contribution >= 0.6 is 11.8 Å². The van der Waals surface area contributed by atoms with Crippen LogP contribution in [0, 0.1) is 5.82 Å². The number of benzene rings is 1. The molecule has 0 spiro atoms. The zero-order chi connectivity index (χ0) is 21.5. The number of thioether (sulfide) groups is 1. The summed E-state index contributed by atoms with van der Waals surface area (Å²) in [5, 5.41) is 26.8. The zero-order valence-corrected chi connectivity index (χ0v) is 17.8. The molecule has 0 aliphatic carbocycles. The molecule has 2 aliphatic heterocycles. The molecule has 4 atom stereocenters. The Morgan fingerprint density at radius 1 is 1.19 bits per heavy atom. The SMILES string of the molecule is Cn1cc(-c2cc(O)c(-c3ccc(S[C@@H]4C[C@H]5CCC[C@H](N5)[C@@H]4F)nn3)cc2F)cn1. The topological polar surface area (TPSA) is 75.9 Å². The number of rotatable bonds is 4. The zero-order valence-electron chi connectivity index (χ0n) is 17.0. The highest BCUT2D eigenvalue weighted by molar-refractivity contribution is 7.99. The van der Waals surface area contributed by atoms with Gasteiger partial charge in [-0.1, -0.05) is 18.2 Å². The van der Waals surface area contributed by atoms with Gasteiger partial charge >= 0.3 is 0 Å². The van der Waals surface area contributed by atoms with Gasteiger partial charge in [0.05, 0.1) is 11.9 Å². The summed E-state index contributed by atoms with van der Waals surface area (Å²) in [6.07, 6.45) is 6.11. The summed E-state index contributed by atoms with van der Waals surface area (Å²) >= 11 is 1.41. The molecule has 3 aromatic rings. The number of phenols is 1. The molecule has 0 saturated carbocycles. The quantitative estimate of drug-likeness (QED) is 0.632. The van der Waals surface area contributed by atoms with E-state index in [1.807, 2.05) is 0 Å². The van der Waals surface area contributed by atoms with E-state index in [1.54, 1.807) is 30.1 Å². The van der Waals surface area contributed by atoms with Gasteiger partial charge in [0.15, 0.2) is 0 Å². The number of nitrogens with one attached hydrogen (secondary N) is 1. The first-order chi connectivity index (χ1) is 15.0. The highest BCUT2D eigenvalue weighted by atomic mass is 32.2. The molecule has 2 saturated heterocycles. The molecule has 2 N–H and O–H groups in total. The van der Waals surface area contributed by atoms with Crippen LogP contribution < -0.4 is 5.32 Å². The van der Waals surface area contributed by atoms with Crippen molar-refractivity contribution in [3.05, 3.63) is 42.5 Å². The van der Waals surface area contributed by atoms with Crippen LogP contribution in [0.25, 0.3) is 22.4 Å². The summed E-state index contributed by atoms with van der Waals surface area (Å²) in [4.78, 5) is 0. The Balaban J connectivity index is 1.35. The van der Waals surface area contributed by atoms with Gasteiger partial charge in [-0.25, -0.2) is 8.78 Å². The lowest BCUT2D eigenvalue weighted by atomic mass is 9.85. The summed E-state index contributed by atoms with van der Waals surface area (Å²) in [6.45, 7) is 0. The Bertz CT molecular complexity index is 1090. The Morgan fingerprint density at radius 2 is 2.06 bits per heavy atom. The lowest BCUT2D eigenvalue weighted by Crippen LogP contribution is -2.56. The van der Waals surface area contributed by atoms with Crippen LogP contribution in [0.1, 0.15) is 25.7 Å². The van der Waals surface area contributed by atoms with Gasteiger partial charge in [0.1, 0.15) is 22.8 Å². The van der Waals surface area contributed by atoms with Crippen LogP contribution in [0.15, 0.2) is 41.7 Å². The van der Waals surface area contributed by atoms with E-state index >= 15 is 0 Å². The molecule has 1 aromatic carbocycles. The van der Waals surface area contributed by atoms with Crippen molar-refractivity contribution < 1.29 is 13.9 Å². The molecule has 9 heteroatoms. The van der Waals surface area contributed by atoms with Gasteiger partial charge < -0.3 is 10.4 Å². The van der Waals surface area contributed by atoms with Crippen molar-refractivity contribution in [1.29, 1.82) is 0 Å². The number of hydrogen-bond acceptors (Lipinski definition) is 6. The number of fused-ring (bicyclic) bond motifs is 2. The number of halogens is 2. The van der Waals surface area contributed by atoms with Crippen LogP contribution in [0.4, 0.5) is 8.78 Å².